The van der Waals surface area contributed by atoms with Crippen molar-refractivity contribution in [2.75, 3.05) is 0 Å². The molecule has 155 valence electrons. The van der Waals surface area contributed by atoms with Crippen molar-refractivity contribution in [3.05, 3.63) is 112 Å². The Hall–Kier alpha value is -1.14. The molecule has 4 rings (SSSR count). The summed E-state index contributed by atoms with van der Waals surface area (Å²) in [5.74, 6) is 0. The summed E-state index contributed by atoms with van der Waals surface area (Å²) in [5, 5.41) is 0. The molecule has 2 aromatic rings. The van der Waals surface area contributed by atoms with Crippen LogP contribution < -0.4 is 24.8 Å². The average molecular weight is 516 g/mol. The van der Waals surface area contributed by atoms with Gasteiger partial charge >= 0.3 is 107 Å². The molecule has 2 aliphatic rings. The zero-order chi connectivity index (χ0) is 20.3. The number of hydrogen-bond donors (Lipinski definition) is 0. The van der Waals surface area contributed by atoms with Crippen molar-refractivity contribution in [3.8, 4) is 0 Å². The minimum Gasteiger partial charge on any atom is -1.00 e. The minimum absolute atomic E-state index is 0. The average Bonchev–Trinajstić information content (AvgIpc) is 3.15. The molecule has 0 heterocycles. The van der Waals surface area contributed by atoms with Gasteiger partial charge in [0.1, 0.15) is 0 Å². The normalized spacial score (nSPS) is 16.4. The predicted molar refractivity (Wildman–Crippen MR) is 118 cm³/mol. The van der Waals surface area contributed by atoms with Crippen LogP contribution in [0.2, 0.25) is 0 Å². The van der Waals surface area contributed by atoms with Gasteiger partial charge < -0.3 is 24.8 Å². The molecule has 0 saturated heterocycles. The Morgan fingerprint density at radius 1 is 0.733 bits per heavy atom. The molecule has 0 N–H and O–H groups in total. The summed E-state index contributed by atoms with van der Waals surface area (Å²) in [6, 6.07) is 19.5. The minimum atomic E-state index is 0. The maximum atomic E-state index is 2.39. The second kappa shape index (κ2) is 11.5. The summed E-state index contributed by atoms with van der Waals surface area (Å²) in [4.78, 5) is 0. The second-order valence-corrected chi connectivity index (χ2v) is 10.1. The maximum absolute atomic E-state index is 2.39. The van der Waals surface area contributed by atoms with Crippen molar-refractivity contribution < 1.29 is 49.5 Å². The Kier molecular flexibility index (Phi) is 10.3. The largest absolute Gasteiger partial charge is 1.00 e. The van der Waals surface area contributed by atoms with Gasteiger partial charge in [0.2, 0.25) is 0 Å². The van der Waals surface area contributed by atoms with Crippen LogP contribution in [0.25, 0.3) is 5.57 Å². The third-order valence-corrected chi connectivity index (χ3v) is 7.12. The van der Waals surface area contributed by atoms with Crippen LogP contribution in [0, 0.1) is 6.92 Å². The Morgan fingerprint density at radius 2 is 1.27 bits per heavy atom. The van der Waals surface area contributed by atoms with E-state index < -0.39 is 0 Å². The van der Waals surface area contributed by atoms with E-state index in [1.165, 1.54) is 44.6 Å². The molecule has 0 atom stereocenters. The molecule has 30 heavy (non-hydrogen) atoms. The summed E-state index contributed by atoms with van der Waals surface area (Å²) in [7, 11) is 0. The Morgan fingerprint density at radius 3 is 1.73 bits per heavy atom. The van der Waals surface area contributed by atoms with Gasteiger partial charge in [0.25, 0.3) is 0 Å². The molecule has 0 amide bonds. The first-order chi connectivity index (χ1) is 13.3. The van der Waals surface area contributed by atoms with E-state index in [0.29, 0.717) is 0 Å². The fourth-order valence-electron chi connectivity index (χ4n) is 3.65. The van der Waals surface area contributed by atoms with Crippen LogP contribution in [0.4, 0.5) is 0 Å². The van der Waals surface area contributed by atoms with Gasteiger partial charge in [0.05, 0.1) is 0 Å². The van der Waals surface area contributed by atoms with Crippen LogP contribution >= 0.6 is 0 Å². The van der Waals surface area contributed by atoms with Crippen molar-refractivity contribution in [1.29, 1.82) is 0 Å². The third-order valence-electron chi connectivity index (χ3n) is 5.70. The second-order valence-electron chi connectivity index (χ2n) is 8.07. The first-order valence-electron chi connectivity index (χ1n) is 9.92. The van der Waals surface area contributed by atoms with E-state index in [0.717, 1.165) is 6.42 Å². The van der Waals surface area contributed by atoms with E-state index in [9.17, 15) is 0 Å². The SMILES string of the molecule is CC1=C(C)CC(c2ccccc2)=C1.CC1=C[C]([Zr+2])(c2ccc(C)cc2)C=C1C.[Cl-].[Cl-]. The summed E-state index contributed by atoms with van der Waals surface area (Å²) in [6.45, 7) is 10.9. The molecule has 2 aromatic carbocycles. The number of allylic oxidation sites excluding steroid dienone is 8. The van der Waals surface area contributed by atoms with Crippen LogP contribution in [-0.4, -0.2) is 0 Å². The quantitative estimate of drug-likeness (QED) is 0.569. The summed E-state index contributed by atoms with van der Waals surface area (Å²) in [5.41, 5.74) is 11.3. The van der Waals surface area contributed by atoms with E-state index in [1.54, 1.807) is 24.7 Å². The van der Waals surface area contributed by atoms with Gasteiger partial charge in [-0.1, -0.05) is 47.6 Å². The first kappa shape index (κ1) is 26.9. The maximum Gasteiger partial charge on any atom is -1.00 e. The summed E-state index contributed by atoms with van der Waals surface area (Å²) in [6.07, 6.45) is 8.21. The van der Waals surface area contributed by atoms with Crippen LogP contribution in [0.3, 0.4) is 0 Å². The molecule has 0 spiro atoms. The number of rotatable bonds is 2. The van der Waals surface area contributed by atoms with Crippen LogP contribution in [0.1, 0.15) is 50.8 Å². The van der Waals surface area contributed by atoms with Gasteiger partial charge in [-0.3, -0.25) is 0 Å². The smallest absolute Gasteiger partial charge is 1.00 e. The van der Waals surface area contributed by atoms with Crippen LogP contribution in [0.5, 0.6) is 0 Å². The zero-order valence-electron chi connectivity index (χ0n) is 18.4. The van der Waals surface area contributed by atoms with Crippen molar-refractivity contribution in [3.63, 3.8) is 0 Å². The molecule has 0 saturated carbocycles. The summed E-state index contributed by atoms with van der Waals surface area (Å²) >= 11 is 1.54. The van der Waals surface area contributed by atoms with Gasteiger partial charge in [-0.2, -0.15) is 0 Å². The fraction of sp³-hybridized carbons (Fsp3) is 0.259. The van der Waals surface area contributed by atoms with E-state index in [-0.39, 0.29) is 27.9 Å². The molecule has 0 aromatic heterocycles. The monoisotopic (exact) mass is 513 g/mol. The number of aryl methyl sites for hydroxylation is 1. The topological polar surface area (TPSA) is 0 Å². The molecule has 0 bridgehead atoms. The fourth-order valence-corrected chi connectivity index (χ4v) is 5.12. The standard InChI is InChI=1S/C14H15.C13H14.2ClH.Zr/c1-10-4-6-13(7-5-10)14-8-11(2)12(3)9-14;1-10-8-13(9-11(10)2)12-6-4-3-5-7-12;;;/h4-9H,1-3H3;3-8H,9H2,1-2H3;2*1H;/q;;;;+2/p-2. The molecule has 0 radical (unpaired) electrons. The molecule has 0 nitrogen and oxygen atoms in total. The predicted octanol–water partition coefficient (Wildman–Crippen LogP) is 1.46. The molecule has 2 aliphatic carbocycles. The number of halogens is 2. The Balaban J connectivity index is 0.000000284. The number of benzene rings is 2. The first-order valence-corrected chi connectivity index (χ1v) is 11.2. The van der Waals surface area contributed by atoms with Gasteiger partial charge in [0.15, 0.2) is 0 Å². The van der Waals surface area contributed by atoms with Gasteiger partial charge in [-0.25, -0.2) is 0 Å². The van der Waals surface area contributed by atoms with E-state index in [4.69, 9.17) is 0 Å². The van der Waals surface area contributed by atoms with Gasteiger partial charge in [-0.05, 0) is 31.4 Å². The Bertz CT molecular complexity index is 959. The molecule has 0 fully saturated rings. The van der Waals surface area contributed by atoms with Crippen LogP contribution in [-0.2, 0) is 27.8 Å². The third kappa shape index (κ3) is 6.43. The van der Waals surface area contributed by atoms with Crippen molar-refractivity contribution in [2.45, 2.75) is 44.2 Å². The van der Waals surface area contributed by atoms with Crippen molar-refractivity contribution in [2.24, 2.45) is 0 Å². The van der Waals surface area contributed by atoms with Crippen LogP contribution in [0.15, 0.2) is 95.1 Å². The van der Waals surface area contributed by atoms with Crippen molar-refractivity contribution >= 4 is 5.57 Å². The molecule has 0 unspecified atom stereocenters. The van der Waals surface area contributed by atoms with E-state index in [1.807, 2.05) is 0 Å². The Labute approximate surface area is 209 Å². The molecule has 3 heteroatoms. The zero-order valence-corrected chi connectivity index (χ0v) is 22.4. The van der Waals surface area contributed by atoms with Crippen molar-refractivity contribution in [1.82, 2.24) is 0 Å². The summed E-state index contributed by atoms with van der Waals surface area (Å²) < 4.78 is 0.189. The van der Waals surface area contributed by atoms with Gasteiger partial charge in [0, 0.05) is 0 Å². The van der Waals surface area contributed by atoms with E-state index in [2.05, 4.69) is 107 Å². The molecule has 0 aliphatic heterocycles. The van der Waals surface area contributed by atoms with Gasteiger partial charge in [-0.15, -0.1) is 0 Å². The number of hydrogen-bond acceptors (Lipinski definition) is 0. The molecular formula is C27H29Cl2Zr. The molecular weight excluding hydrogens is 486 g/mol. The van der Waals surface area contributed by atoms with E-state index >= 15 is 0 Å².